The first-order valence-electron chi connectivity index (χ1n) is 9.89. The van der Waals surface area contributed by atoms with Crippen LogP contribution in [0.25, 0.3) is 0 Å². The zero-order valence-electron chi connectivity index (χ0n) is 17.1. The predicted molar refractivity (Wildman–Crippen MR) is 111 cm³/mol. The smallest absolute Gasteiger partial charge is 0.267 e. The van der Waals surface area contributed by atoms with E-state index in [1.54, 1.807) is 36.3 Å². The van der Waals surface area contributed by atoms with E-state index in [0.717, 1.165) is 5.56 Å². The molecule has 4 rings (SSSR count). The van der Waals surface area contributed by atoms with Gasteiger partial charge in [-0.1, -0.05) is 12.1 Å². The normalized spacial score (nSPS) is 18.5. The van der Waals surface area contributed by atoms with E-state index in [2.05, 4.69) is 4.72 Å². The first kappa shape index (κ1) is 21.4. The maximum atomic E-state index is 12.7. The lowest BCUT2D eigenvalue weighted by Crippen LogP contribution is -2.50. The largest absolute Gasteiger partial charge is 0.497 e. The lowest BCUT2D eigenvalue weighted by molar-refractivity contribution is -0.145. The number of nitrogens with one attached hydrogen (secondary N) is 1. The molecule has 0 aliphatic carbocycles. The molecule has 1 fully saturated rings. The Morgan fingerprint density at radius 3 is 2.58 bits per heavy atom. The quantitative estimate of drug-likeness (QED) is 0.708. The molecule has 2 aromatic carbocycles. The highest BCUT2D eigenvalue weighted by Gasteiger charge is 2.32. The Bertz CT molecular complexity index is 1030. The van der Waals surface area contributed by atoms with Crippen molar-refractivity contribution < 1.29 is 32.2 Å². The van der Waals surface area contributed by atoms with Gasteiger partial charge < -0.3 is 23.8 Å². The average Bonchev–Trinajstić information content (AvgIpc) is 2.82. The number of hydrogen-bond acceptors (Lipinski definition) is 7. The second-order valence-electron chi connectivity index (χ2n) is 7.14. The first-order chi connectivity index (χ1) is 15.0. The number of amides is 1. The van der Waals surface area contributed by atoms with Crippen LogP contribution in [0.2, 0.25) is 0 Å². The molecule has 2 aliphatic rings. The third kappa shape index (κ3) is 4.92. The highest BCUT2D eigenvalue weighted by Crippen LogP contribution is 2.34. The van der Waals surface area contributed by atoms with Gasteiger partial charge in [-0.2, -0.15) is 0 Å². The van der Waals surface area contributed by atoms with Gasteiger partial charge in [0.25, 0.3) is 5.91 Å². The van der Waals surface area contributed by atoms with Gasteiger partial charge in [-0.25, -0.2) is 13.1 Å². The molecule has 1 saturated heterocycles. The number of morpholine rings is 1. The Kier molecular flexibility index (Phi) is 6.30. The van der Waals surface area contributed by atoms with Crippen LogP contribution in [0.4, 0.5) is 0 Å². The van der Waals surface area contributed by atoms with Crippen molar-refractivity contribution in [2.45, 2.75) is 17.5 Å². The lowest BCUT2D eigenvalue weighted by atomic mass is 10.2. The van der Waals surface area contributed by atoms with E-state index >= 15 is 0 Å². The van der Waals surface area contributed by atoms with Crippen molar-refractivity contribution in [1.29, 1.82) is 0 Å². The monoisotopic (exact) mass is 448 g/mol. The molecule has 9 nitrogen and oxygen atoms in total. The number of carbonyl (C=O) groups is 1. The molecule has 2 heterocycles. The molecule has 0 saturated carbocycles. The zero-order valence-corrected chi connectivity index (χ0v) is 17.9. The SMILES string of the molecule is COc1ccc(CNS(=O)(=O)c2ccc3c(c2)OC[C@H](C(=O)N2CCOCC2)O3)cc1. The Hall–Kier alpha value is -2.82. The fourth-order valence-electron chi connectivity index (χ4n) is 3.33. The maximum absolute atomic E-state index is 12.7. The molecular weight excluding hydrogens is 424 g/mol. The third-order valence-corrected chi connectivity index (χ3v) is 6.51. The van der Waals surface area contributed by atoms with Gasteiger partial charge >= 0.3 is 0 Å². The number of sulfonamides is 1. The predicted octanol–water partition coefficient (Wildman–Crippen LogP) is 1.17. The number of fused-ring (bicyclic) bond motifs is 1. The summed E-state index contributed by atoms with van der Waals surface area (Å²) in [6.45, 7) is 2.19. The van der Waals surface area contributed by atoms with Crippen molar-refractivity contribution in [3.63, 3.8) is 0 Å². The third-order valence-electron chi connectivity index (χ3n) is 5.11. The molecule has 0 bridgehead atoms. The number of benzene rings is 2. The van der Waals surface area contributed by atoms with Gasteiger partial charge in [0.2, 0.25) is 16.1 Å². The van der Waals surface area contributed by atoms with Gasteiger partial charge in [-0.05, 0) is 29.8 Å². The molecule has 2 aromatic rings. The van der Waals surface area contributed by atoms with Crippen LogP contribution in [0, 0.1) is 0 Å². The van der Waals surface area contributed by atoms with Crippen LogP contribution in [0.3, 0.4) is 0 Å². The van der Waals surface area contributed by atoms with Gasteiger partial charge in [0.05, 0.1) is 25.2 Å². The van der Waals surface area contributed by atoms with Crippen molar-refractivity contribution in [2.24, 2.45) is 0 Å². The van der Waals surface area contributed by atoms with Crippen LogP contribution >= 0.6 is 0 Å². The summed E-state index contributed by atoms with van der Waals surface area (Å²) in [5.74, 6) is 1.17. The molecule has 1 atom stereocenters. The standard InChI is InChI=1S/C21H24N2O7S/c1-27-16-4-2-15(3-5-16)13-22-31(25,26)17-6-7-18-19(12-17)29-14-20(30-18)21(24)23-8-10-28-11-9-23/h2-7,12,20,22H,8-11,13-14H2,1H3/t20-/m1/s1. The minimum absolute atomic E-state index is 0.0198. The highest BCUT2D eigenvalue weighted by atomic mass is 32.2. The minimum atomic E-state index is -3.76. The van der Waals surface area contributed by atoms with Gasteiger partial charge in [-0.15, -0.1) is 0 Å². The lowest BCUT2D eigenvalue weighted by Gasteiger charge is -2.32. The molecular formula is C21H24N2O7S. The summed E-state index contributed by atoms with van der Waals surface area (Å²) in [6, 6.07) is 11.5. The number of rotatable bonds is 6. The topological polar surface area (TPSA) is 103 Å². The number of ether oxygens (including phenoxy) is 4. The first-order valence-corrected chi connectivity index (χ1v) is 11.4. The molecule has 1 amide bonds. The summed E-state index contributed by atoms with van der Waals surface area (Å²) >= 11 is 0. The highest BCUT2D eigenvalue weighted by molar-refractivity contribution is 7.89. The fourth-order valence-corrected chi connectivity index (χ4v) is 4.37. The van der Waals surface area contributed by atoms with Crippen molar-refractivity contribution in [2.75, 3.05) is 40.0 Å². The van der Waals surface area contributed by atoms with E-state index in [1.165, 1.54) is 18.2 Å². The summed E-state index contributed by atoms with van der Waals surface area (Å²) in [5.41, 5.74) is 0.798. The van der Waals surface area contributed by atoms with Gasteiger partial charge in [-0.3, -0.25) is 4.79 Å². The summed E-state index contributed by atoms with van der Waals surface area (Å²) in [4.78, 5) is 14.3. The van der Waals surface area contributed by atoms with Crippen LogP contribution in [-0.2, 0) is 26.1 Å². The molecule has 166 valence electrons. The molecule has 0 aromatic heterocycles. The van der Waals surface area contributed by atoms with Gasteiger partial charge in [0.1, 0.15) is 12.4 Å². The number of methoxy groups -OCH3 is 1. The second-order valence-corrected chi connectivity index (χ2v) is 8.90. The van der Waals surface area contributed by atoms with Crippen LogP contribution in [0.5, 0.6) is 17.2 Å². The van der Waals surface area contributed by atoms with Crippen molar-refractivity contribution in [3.8, 4) is 17.2 Å². The maximum Gasteiger partial charge on any atom is 0.267 e. The summed E-state index contributed by atoms with van der Waals surface area (Å²) in [7, 11) is -2.19. The Morgan fingerprint density at radius 2 is 1.87 bits per heavy atom. The minimum Gasteiger partial charge on any atom is -0.497 e. The van der Waals surface area contributed by atoms with Crippen LogP contribution < -0.4 is 18.9 Å². The van der Waals surface area contributed by atoms with Crippen molar-refractivity contribution >= 4 is 15.9 Å². The fraction of sp³-hybridized carbons (Fsp3) is 0.381. The Labute approximate surface area is 180 Å². The number of carbonyl (C=O) groups excluding carboxylic acids is 1. The summed E-state index contributed by atoms with van der Waals surface area (Å²) < 4.78 is 49.8. The molecule has 10 heteroatoms. The average molecular weight is 448 g/mol. The Morgan fingerprint density at radius 1 is 1.13 bits per heavy atom. The molecule has 0 spiro atoms. The Balaban J connectivity index is 1.41. The van der Waals surface area contributed by atoms with Crippen molar-refractivity contribution in [1.82, 2.24) is 9.62 Å². The summed E-state index contributed by atoms with van der Waals surface area (Å²) in [6.07, 6.45) is -0.763. The number of nitrogens with zero attached hydrogens (tertiary/aromatic N) is 1. The van der Waals surface area contributed by atoms with E-state index in [9.17, 15) is 13.2 Å². The summed E-state index contributed by atoms with van der Waals surface area (Å²) in [5, 5.41) is 0. The molecule has 0 radical (unpaired) electrons. The van der Waals surface area contributed by atoms with Crippen LogP contribution in [0.1, 0.15) is 5.56 Å². The van der Waals surface area contributed by atoms with E-state index in [0.29, 0.717) is 43.6 Å². The van der Waals surface area contributed by atoms with E-state index in [-0.39, 0.29) is 24.0 Å². The van der Waals surface area contributed by atoms with E-state index < -0.39 is 16.1 Å². The second kappa shape index (κ2) is 9.13. The molecule has 0 unspecified atom stereocenters. The molecule has 31 heavy (non-hydrogen) atoms. The van der Waals surface area contributed by atoms with E-state index in [4.69, 9.17) is 18.9 Å². The molecule has 2 aliphatic heterocycles. The van der Waals surface area contributed by atoms with Crippen LogP contribution in [0.15, 0.2) is 47.4 Å². The van der Waals surface area contributed by atoms with E-state index in [1.807, 2.05) is 0 Å². The van der Waals surface area contributed by atoms with Gasteiger partial charge in [0, 0.05) is 25.7 Å². The molecule has 1 N–H and O–H groups in total. The van der Waals surface area contributed by atoms with Gasteiger partial charge in [0.15, 0.2) is 11.5 Å². The number of hydrogen-bond donors (Lipinski definition) is 1. The van der Waals surface area contributed by atoms with Crippen molar-refractivity contribution in [3.05, 3.63) is 48.0 Å². The van der Waals surface area contributed by atoms with Crippen LogP contribution in [-0.4, -0.2) is 65.3 Å². The zero-order chi connectivity index (χ0) is 21.8.